The van der Waals surface area contributed by atoms with Crippen LogP contribution in [0.2, 0.25) is 0 Å². The Balaban J connectivity index is 1.63. The maximum atomic E-state index is 12.6. The minimum Gasteiger partial charge on any atom is -0.333 e. The van der Waals surface area contributed by atoms with Crippen molar-refractivity contribution >= 4 is 17.1 Å². The number of amides is 1. The Kier molecular flexibility index (Phi) is 6.47. The Morgan fingerprint density at radius 2 is 1.80 bits per heavy atom. The lowest BCUT2D eigenvalue weighted by molar-refractivity contribution is -0.138. The zero-order valence-electron chi connectivity index (χ0n) is 19.4. The van der Waals surface area contributed by atoms with E-state index in [9.17, 15) is 22.8 Å². The summed E-state index contributed by atoms with van der Waals surface area (Å²) >= 11 is 0. The number of fused-ring (bicyclic) bond motifs is 1. The number of halogens is 3. The van der Waals surface area contributed by atoms with Crippen LogP contribution in [0.1, 0.15) is 41.3 Å². The quantitative estimate of drug-likeness (QED) is 0.435. The van der Waals surface area contributed by atoms with Gasteiger partial charge in [-0.25, -0.2) is 14.8 Å². The second kappa shape index (κ2) is 9.36. The zero-order chi connectivity index (χ0) is 25.3. The van der Waals surface area contributed by atoms with Crippen molar-refractivity contribution in [1.29, 1.82) is 0 Å². The van der Waals surface area contributed by atoms with E-state index in [1.807, 2.05) is 24.3 Å². The van der Waals surface area contributed by atoms with Gasteiger partial charge in [0.2, 0.25) is 0 Å². The van der Waals surface area contributed by atoms with Crippen LogP contribution in [0, 0.1) is 0 Å². The second-order valence-electron chi connectivity index (χ2n) is 8.66. The van der Waals surface area contributed by atoms with Crippen LogP contribution >= 0.6 is 0 Å². The highest BCUT2D eigenvalue weighted by atomic mass is 19.4. The Morgan fingerprint density at radius 3 is 2.46 bits per heavy atom. The third-order valence-corrected chi connectivity index (χ3v) is 5.64. The summed E-state index contributed by atoms with van der Waals surface area (Å²) in [6.45, 7) is 2.99. The fraction of sp³-hybridized carbons (Fsp3) is 0.280. The molecule has 0 spiro atoms. The Bertz CT molecular complexity index is 1420. The smallest absolute Gasteiger partial charge is 0.333 e. The van der Waals surface area contributed by atoms with Gasteiger partial charge in [0, 0.05) is 18.2 Å². The van der Waals surface area contributed by atoms with Gasteiger partial charge in [-0.1, -0.05) is 50.2 Å². The molecule has 2 aromatic heterocycles. The van der Waals surface area contributed by atoms with Gasteiger partial charge in [-0.05, 0) is 29.2 Å². The molecule has 1 amide bonds. The number of hydrogen-bond acceptors (Lipinski definition) is 4. The van der Waals surface area contributed by atoms with E-state index in [-0.39, 0.29) is 23.7 Å². The molecule has 0 unspecified atom stereocenters. The number of alkyl halides is 3. The SMILES string of the molecule is CC(C)c1ccccc1-c1ncc2[nH]c(=O)n(Cc3ccc(C(=O)N(C)CC(F)(F)F)cc3)c2n1. The van der Waals surface area contributed by atoms with Gasteiger partial charge in [-0.3, -0.25) is 9.36 Å². The van der Waals surface area contributed by atoms with E-state index in [0.717, 1.165) is 18.2 Å². The molecule has 0 saturated carbocycles. The second-order valence-corrected chi connectivity index (χ2v) is 8.66. The summed E-state index contributed by atoms with van der Waals surface area (Å²) in [6.07, 6.45) is -2.90. The van der Waals surface area contributed by atoms with Gasteiger partial charge in [-0.2, -0.15) is 13.2 Å². The molecular formula is C25H24F3N5O2. The number of aromatic nitrogens is 4. The number of nitrogens with one attached hydrogen (secondary N) is 1. The van der Waals surface area contributed by atoms with Crippen molar-refractivity contribution in [2.45, 2.75) is 32.5 Å². The number of nitrogens with zero attached hydrogens (tertiary/aromatic N) is 4. The number of carbonyl (C=O) groups is 1. The minimum absolute atomic E-state index is 0.127. The largest absolute Gasteiger partial charge is 0.406 e. The Labute approximate surface area is 199 Å². The van der Waals surface area contributed by atoms with Gasteiger partial charge < -0.3 is 9.88 Å². The molecule has 2 heterocycles. The van der Waals surface area contributed by atoms with Crippen molar-refractivity contribution in [2.24, 2.45) is 0 Å². The topological polar surface area (TPSA) is 83.9 Å². The van der Waals surface area contributed by atoms with Crippen molar-refractivity contribution in [3.63, 3.8) is 0 Å². The highest BCUT2D eigenvalue weighted by Crippen LogP contribution is 2.27. The average molecular weight is 483 g/mol. The summed E-state index contributed by atoms with van der Waals surface area (Å²) < 4.78 is 39.2. The third-order valence-electron chi connectivity index (χ3n) is 5.64. The van der Waals surface area contributed by atoms with Crippen LogP contribution in [0.4, 0.5) is 13.2 Å². The number of rotatable bonds is 6. The first kappa shape index (κ1) is 24.2. The molecule has 0 fully saturated rings. The van der Waals surface area contributed by atoms with Gasteiger partial charge >= 0.3 is 11.9 Å². The monoisotopic (exact) mass is 483 g/mol. The van der Waals surface area contributed by atoms with Crippen LogP contribution < -0.4 is 5.69 Å². The molecule has 7 nitrogen and oxygen atoms in total. The van der Waals surface area contributed by atoms with Crippen molar-refractivity contribution < 1.29 is 18.0 Å². The van der Waals surface area contributed by atoms with E-state index in [0.29, 0.717) is 27.5 Å². The number of aromatic amines is 1. The van der Waals surface area contributed by atoms with Crippen LogP contribution in [-0.4, -0.2) is 50.1 Å². The summed E-state index contributed by atoms with van der Waals surface area (Å²) in [4.78, 5) is 37.4. The van der Waals surface area contributed by atoms with E-state index in [2.05, 4.69) is 28.8 Å². The standard InChI is InChI=1S/C25H24F3N5O2/c1-15(2)18-6-4-5-7-19(18)21-29-12-20-22(31-21)33(24(35)30-20)13-16-8-10-17(11-9-16)23(34)32(3)14-25(26,27)28/h4-12,15H,13-14H2,1-3H3,(H,30,35). The molecule has 0 bridgehead atoms. The predicted molar refractivity (Wildman–Crippen MR) is 126 cm³/mol. The number of benzene rings is 2. The van der Waals surface area contributed by atoms with E-state index >= 15 is 0 Å². The van der Waals surface area contributed by atoms with E-state index in [1.54, 1.807) is 18.3 Å². The third kappa shape index (κ3) is 5.26. The molecule has 0 aliphatic rings. The van der Waals surface area contributed by atoms with Gasteiger partial charge in [0.15, 0.2) is 11.5 Å². The first-order chi connectivity index (χ1) is 16.5. The summed E-state index contributed by atoms with van der Waals surface area (Å²) in [5.74, 6) is 0.0258. The van der Waals surface area contributed by atoms with Crippen LogP contribution in [0.15, 0.2) is 59.5 Å². The minimum atomic E-state index is -4.47. The fourth-order valence-electron chi connectivity index (χ4n) is 3.92. The number of hydrogen-bond donors (Lipinski definition) is 1. The fourth-order valence-corrected chi connectivity index (χ4v) is 3.92. The molecule has 0 atom stereocenters. The molecule has 0 radical (unpaired) electrons. The molecule has 0 saturated heterocycles. The summed E-state index contributed by atoms with van der Waals surface area (Å²) in [5.41, 5.74) is 3.34. The molecule has 4 aromatic rings. The van der Waals surface area contributed by atoms with Crippen molar-refractivity contribution in [1.82, 2.24) is 24.4 Å². The highest BCUT2D eigenvalue weighted by Gasteiger charge is 2.31. The number of carbonyl (C=O) groups excluding carboxylic acids is 1. The van der Waals surface area contributed by atoms with Crippen LogP contribution in [0.3, 0.4) is 0 Å². The van der Waals surface area contributed by atoms with Crippen LogP contribution in [0.5, 0.6) is 0 Å². The highest BCUT2D eigenvalue weighted by molar-refractivity contribution is 5.94. The molecule has 35 heavy (non-hydrogen) atoms. The Hall–Kier alpha value is -3.95. The lowest BCUT2D eigenvalue weighted by atomic mass is 9.97. The normalized spacial score (nSPS) is 11.9. The maximum absolute atomic E-state index is 12.6. The van der Waals surface area contributed by atoms with Gasteiger partial charge in [0.25, 0.3) is 5.91 Å². The molecule has 0 aliphatic carbocycles. The first-order valence-electron chi connectivity index (χ1n) is 11.0. The van der Waals surface area contributed by atoms with Gasteiger partial charge in [0.05, 0.1) is 12.7 Å². The number of H-pyrrole nitrogens is 1. The summed E-state index contributed by atoms with van der Waals surface area (Å²) in [6, 6.07) is 13.9. The molecule has 0 aliphatic heterocycles. The molecule has 182 valence electrons. The summed E-state index contributed by atoms with van der Waals surface area (Å²) in [5, 5.41) is 0. The van der Waals surface area contributed by atoms with Crippen molar-refractivity contribution in [3.05, 3.63) is 81.9 Å². The predicted octanol–water partition coefficient (Wildman–Crippen LogP) is 4.59. The molecule has 2 aromatic carbocycles. The number of imidazole rings is 1. The van der Waals surface area contributed by atoms with Crippen LogP contribution in [0.25, 0.3) is 22.6 Å². The van der Waals surface area contributed by atoms with Gasteiger partial charge in [0.1, 0.15) is 12.1 Å². The Morgan fingerprint density at radius 1 is 1.11 bits per heavy atom. The molecule has 4 rings (SSSR count). The van der Waals surface area contributed by atoms with Crippen molar-refractivity contribution in [2.75, 3.05) is 13.6 Å². The maximum Gasteiger partial charge on any atom is 0.406 e. The molecular weight excluding hydrogens is 459 g/mol. The molecule has 10 heteroatoms. The van der Waals surface area contributed by atoms with Gasteiger partial charge in [-0.15, -0.1) is 0 Å². The lowest BCUT2D eigenvalue weighted by Crippen LogP contribution is -2.35. The first-order valence-corrected chi connectivity index (χ1v) is 11.0. The van der Waals surface area contributed by atoms with Crippen molar-refractivity contribution in [3.8, 4) is 11.4 Å². The van der Waals surface area contributed by atoms with E-state index < -0.39 is 18.6 Å². The summed E-state index contributed by atoms with van der Waals surface area (Å²) in [7, 11) is 1.10. The van der Waals surface area contributed by atoms with E-state index in [1.165, 1.54) is 16.7 Å². The van der Waals surface area contributed by atoms with E-state index in [4.69, 9.17) is 0 Å². The lowest BCUT2D eigenvalue weighted by Gasteiger charge is -2.19. The zero-order valence-corrected chi connectivity index (χ0v) is 19.4. The van der Waals surface area contributed by atoms with Crippen LogP contribution in [-0.2, 0) is 6.54 Å². The molecule has 1 N–H and O–H groups in total. The average Bonchev–Trinajstić information content (AvgIpc) is 3.12.